The van der Waals surface area contributed by atoms with Crippen LogP contribution in [0, 0.1) is 6.92 Å². The summed E-state index contributed by atoms with van der Waals surface area (Å²) in [5.41, 5.74) is 6.04. The molecular weight excluding hydrogens is 381 g/mol. The van der Waals surface area contributed by atoms with Gasteiger partial charge in [-0.3, -0.25) is 0 Å². The summed E-state index contributed by atoms with van der Waals surface area (Å²) in [6, 6.07) is 6.33. The zero-order chi connectivity index (χ0) is 19.0. The number of benzene rings is 1. The second-order valence-corrected chi connectivity index (χ2v) is 6.44. The zero-order valence-corrected chi connectivity index (χ0v) is 15.5. The Labute approximate surface area is 159 Å². The molecule has 0 spiro atoms. The van der Waals surface area contributed by atoms with Gasteiger partial charge in [-0.05, 0) is 31.5 Å². The smallest absolute Gasteiger partial charge is 0.343 e. The number of esters is 1. The average molecular weight is 396 g/mol. The Morgan fingerprint density at radius 1 is 1.27 bits per heavy atom. The minimum absolute atomic E-state index is 0.00823. The van der Waals surface area contributed by atoms with Gasteiger partial charge in [0.05, 0.1) is 28.1 Å². The maximum Gasteiger partial charge on any atom is 0.343 e. The molecule has 1 aromatic carbocycles. The summed E-state index contributed by atoms with van der Waals surface area (Å²) in [6.45, 7) is 3.41. The maximum absolute atomic E-state index is 12.5. The Bertz CT molecular complexity index is 980. The maximum atomic E-state index is 12.5. The van der Waals surface area contributed by atoms with Gasteiger partial charge < -0.3 is 19.6 Å². The molecule has 2 aromatic rings. The Morgan fingerprint density at radius 3 is 2.65 bits per heavy atom. The van der Waals surface area contributed by atoms with Crippen molar-refractivity contribution in [3.8, 4) is 5.75 Å². The topological polar surface area (TPSA) is 91.8 Å². The number of halogens is 2. The van der Waals surface area contributed by atoms with Gasteiger partial charge in [-0.25, -0.2) is 9.59 Å². The number of fused-ring (bicyclic) bond motifs is 1. The number of carbonyl (C=O) groups is 1. The van der Waals surface area contributed by atoms with Crippen LogP contribution >= 0.6 is 23.2 Å². The minimum atomic E-state index is -0.857. The fourth-order valence-corrected chi connectivity index (χ4v) is 3.16. The lowest BCUT2D eigenvalue weighted by Crippen LogP contribution is -2.31. The van der Waals surface area contributed by atoms with Crippen LogP contribution in [0.4, 0.5) is 0 Å². The van der Waals surface area contributed by atoms with E-state index in [9.17, 15) is 9.59 Å². The first-order valence-corrected chi connectivity index (χ1v) is 8.53. The first kappa shape index (κ1) is 18.4. The van der Waals surface area contributed by atoms with E-state index in [1.807, 2.05) is 0 Å². The number of carbonyl (C=O) groups excluding carboxylic acids is 1. The molecular formula is C18H15Cl2NO5. The van der Waals surface area contributed by atoms with E-state index < -0.39 is 17.5 Å². The lowest BCUT2D eigenvalue weighted by atomic mass is 9.84. The molecule has 0 fully saturated rings. The van der Waals surface area contributed by atoms with Crippen molar-refractivity contribution in [2.45, 2.75) is 19.8 Å². The number of rotatable bonds is 3. The second-order valence-electron chi connectivity index (χ2n) is 5.63. The first-order valence-electron chi connectivity index (χ1n) is 7.77. The molecule has 2 N–H and O–H groups in total. The van der Waals surface area contributed by atoms with Crippen molar-refractivity contribution in [2.75, 3.05) is 6.61 Å². The number of ether oxygens (including phenoxy) is 2. The average Bonchev–Trinajstić information content (AvgIpc) is 2.56. The molecule has 6 nitrogen and oxygen atoms in total. The third kappa shape index (κ3) is 3.18. The van der Waals surface area contributed by atoms with Crippen molar-refractivity contribution in [3.63, 3.8) is 0 Å². The fraction of sp³-hybridized carbons (Fsp3) is 0.222. The van der Waals surface area contributed by atoms with E-state index >= 15 is 0 Å². The molecule has 1 atom stereocenters. The van der Waals surface area contributed by atoms with Crippen LogP contribution < -0.4 is 16.1 Å². The second kappa shape index (κ2) is 7.05. The van der Waals surface area contributed by atoms with Crippen LogP contribution in [0.25, 0.3) is 0 Å². The molecule has 1 aromatic heterocycles. The molecule has 8 heteroatoms. The summed E-state index contributed by atoms with van der Waals surface area (Å²) >= 11 is 12.1. The van der Waals surface area contributed by atoms with Gasteiger partial charge in [0.1, 0.15) is 17.1 Å². The third-order valence-electron chi connectivity index (χ3n) is 3.91. The van der Waals surface area contributed by atoms with Gasteiger partial charge in [-0.15, -0.1) is 0 Å². The van der Waals surface area contributed by atoms with Crippen molar-refractivity contribution >= 4 is 29.2 Å². The molecule has 0 aliphatic carbocycles. The molecule has 136 valence electrons. The highest BCUT2D eigenvalue weighted by molar-refractivity contribution is 6.42. The Morgan fingerprint density at radius 2 is 2.00 bits per heavy atom. The Balaban J connectivity index is 2.29. The molecule has 3 rings (SSSR count). The summed E-state index contributed by atoms with van der Waals surface area (Å²) in [5, 5.41) is 0.615. The van der Waals surface area contributed by atoms with E-state index in [0.29, 0.717) is 16.3 Å². The quantitative estimate of drug-likeness (QED) is 0.799. The number of aryl methyl sites for hydroxylation is 1. The van der Waals surface area contributed by atoms with Gasteiger partial charge in [0.15, 0.2) is 0 Å². The normalized spacial score (nSPS) is 16.1. The predicted molar refractivity (Wildman–Crippen MR) is 96.5 cm³/mol. The van der Waals surface area contributed by atoms with Gasteiger partial charge in [0.2, 0.25) is 5.88 Å². The van der Waals surface area contributed by atoms with Crippen molar-refractivity contribution in [2.24, 2.45) is 5.73 Å². The molecule has 0 bridgehead atoms. The van der Waals surface area contributed by atoms with Crippen molar-refractivity contribution in [1.82, 2.24) is 0 Å². The van der Waals surface area contributed by atoms with Crippen LogP contribution in [0.5, 0.6) is 5.75 Å². The largest absolute Gasteiger partial charge is 0.462 e. The molecule has 0 radical (unpaired) electrons. The molecule has 0 amide bonds. The van der Waals surface area contributed by atoms with Crippen LogP contribution in [0.1, 0.15) is 29.7 Å². The zero-order valence-electron chi connectivity index (χ0n) is 14.0. The van der Waals surface area contributed by atoms with Gasteiger partial charge >= 0.3 is 11.6 Å². The van der Waals surface area contributed by atoms with E-state index in [1.165, 1.54) is 6.07 Å². The van der Waals surface area contributed by atoms with Crippen molar-refractivity contribution in [3.05, 3.63) is 73.1 Å². The van der Waals surface area contributed by atoms with Crippen LogP contribution in [0.15, 0.2) is 44.9 Å². The fourth-order valence-electron chi connectivity index (χ4n) is 2.85. The van der Waals surface area contributed by atoms with E-state index in [4.69, 9.17) is 42.8 Å². The monoisotopic (exact) mass is 395 g/mol. The van der Waals surface area contributed by atoms with Gasteiger partial charge in [0.25, 0.3) is 0 Å². The SMILES string of the molecule is CCOC(=O)C1=C(N)Oc2cc(C)oc(=O)c2C1c1ccc(Cl)c(Cl)c1. The van der Waals surface area contributed by atoms with E-state index in [1.54, 1.807) is 32.0 Å². The van der Waals surface area contributed by atoms with Crippen LogP contribution in [-0.4, -0.2) is 12.6 Å². The summed E-state index contributed by atoms with van der Waals surface area (Å²) in [6.07, 6.45) is 0. The summed E-state index contributed by atoms with van der Waals surface area (Å²) < 4.78 is 15.8. The number of hydrogen-bond acceptors (Lipinski definition) is 6. The third-order valence-corrected chi connectivity index (χ3v) is 4.65. The lowest BCUT2D eigenvalue weighted by molar-refractivity contribution is -0.139. The molecule has 0 saturated carbocycles. The molecule has 1 aliphatic heterocycles. The van der Waals surface area contributed by atoms with Gasteiger partial charge in [-0.2, -0.15) is 0 Å². The first-order chi connectivity index (χ1) is 12.3. The number of hydrogen-bond donors (Lipinski definition) is 1. The molecule has 2 heterocycles. The van der Waals surface area contributed by atoms with E-state index in [2.05, 4.69) is 0 Å². The van der Waals surface area contributed by atoms with Crippen molar-refractivity contribution < 1.29 is 18.7 Å². The number of nitrogens with two attached hydrogens (primary N) is 1. The highest BCUT2D eigenvalue weighted by Gasteiger charge is 2.38. The van der Waals surface area contributed by atoms with Crippen LogP contribution in [-0.2, 0) is 9.53 Å². The molecule has 0 saturated heterocycles. The molecule has 26 heavy (non-hydrogen) atoms. The predicted octanol–water partition coefficient (Wildman–Crippen LogP) is 3.51. The summed E-state index contributed by atoms with van der Waals surface area (Å²) in [7, 11) is 0. The van der Waals surface area contributed by atoms with E-state index in [-0.39, 0.29) is 34.4 Å². The molecule has 1 aliphatic rings. The highest BCUT2D eigenvalue weighted by Crippen LogP contribution is 2.42. The lowest BCUT2D eigenvalue weighted by Gasteiger charge is -2.27. The molecule has 1 unspecified atom stereocenters. The Kier molecular flexibility index (Phi) is 4.98. The summed E-state index contributed by atoms with van der Waals surface area (Å²) in [4.78, 5) is 25.0. The summed E-state index contributed by atoms with van der Waals surface area (Å²) in [5.74, 6) is -1.11. The van der Waals surface area contributed by atoms with Gasteiger partial charge in [-0.1, -0.05) is 29.3 Å². The van der Waals surface area contributed by atoms with Crippen molar-refractivity contribution in [1.29, 1.82) is 0 Å². The van der Waals surface area contributed by atoms with Crippen LogP contribution in [0.2, 0.25) is 10.0 Å². The van der Waals surface area contributed by atoms with Crippen LogP contribution in [0.3, 0.4) is 0 Å². The van der Waals surface area contributed by atoms with Gasteiger partial charge in [0, 0.05) is 6.07 Å². The minimum Gasteiger partial charge on any atom is -0.462 e. The highest BCUT2D eigenvalue weighted by atomic mass is 35.5. The van der Waals surface area contributed by atoms with E-state index in [0.717, 1.165) is 0 Å². The Hall–Kier alpha value is -2.44. The standard InChI is InChI=1S/C18H15Cl2NO5/c1-3-24-17(22)15-13(9-4-5-10(19)11(20)7-9)14-12(26-16(15)21)6-8(2)25-18(14)23/h4-7,13H,3,21H2,1-2H3.